The fraction of sp³-hybridized carbons (Fsp3) is 0.400. The smallest absolute Gasteiger partial charge is 0.270 e. The molecule has 1 unspecified atom stereocenters. The summed E-state index contributed by atoms with van der Waals surface area (Å²) in [5.74, 6) is 0.0441. The third kappa shape index (κ3) is 3.91. The number of rotatable bonds is 5. The molecule has 3 heterocycles. The van der Waals surface area contributed by atoms with Crippen molar-refractivity contribution in [3.8, 4) is 0 Å². The summed E-state index contributed by atoms with van der Waals surface area (Å²) in [6.45, 7) is 1.79. The highest BCUT2D eigenvalue weighted by atomic mass is 35.5. The van der Waals surface area contributed by atoms with Crippen LogP contribution in [0.3, 0.4) is 0 Å². The summed E-state index contributed by atoms with van der Waals surface area (Å²) in [6.07, 6.45) is 2.73. The minimum atomic E-state index is -0.130. The maximum absolute atomic E-state index is 12.4. The second kappa shape index (κ2) is 7.27. The van der Waals surface area contributed by atoms with Gasteiger partial charge >= 0.3 is 0 Å². The normalized spacial score (nSPS) is 17.2. The number of hydrogen-bond donors (Lipinski definition) is 3. The molecule has 1 saturated heterocycles. The van der Waals surface area contributed by atoms with Crippen molar-refractivity contribution in [1.29, 1.82) is 0 Å². The largest absolute Gasteiger partial charge is 0.355 e. The predicted octanol–water partition coefficient (Wildman–Crippen LogP) is 1.87. The van der Waals surface area contributed by atoms with E-state index in [0.717, 1.165) is 12.1 Å². The standard InChI is InChI=1S/C15H17Cl2N5O2/c16-11-6-12(20-14(11)17)15(24)22-4-2-9(8-22)7-18-13(23)5-10-1-3-19-21-10/h1,3,6,9,20H,2,4-5,7-8H2,(H,18,23)(H,19,21). The number of nitrogens with zero attached hydrogens (tertiary/aromatic N) is 2. The second-order valence-electron chi connectivity index (χ2n) is 5.81. The van der Waals surface area contributed by atoms with Crippen molar-refractivity contribution >= 4 is 35.0 Å². The van der Waals surface area contributed by atoms with E-state index in [0.29, 0.717) is 30.4 Å². The number of carbonyl (C=O) groups excluding carboxylic acids is 2. The first-order valence-electron chi connectivity index (χ1n) is 7.61. The molecule has 0 saturated carbocycles. The van der Waals surface area contributed by atoms with Crippen LogP contribution in [0.2, 0.25) is 10.2 Å². The minimum absolute atomic E-state index is 0.0630. The molecular weight excluding hydrogens is 353 g/mol. The van der Waals surface area contributed by atoms with Crippen LogP contribution in [0.15, 0.2) is 18.3 Å². The van der Waals surface area contributed by atoms with Crippen LogP contribution in [-0.2, 0) is 11.2 Å². The third-order valence-electron chi connectivity index (χ3n) is 4.03. The maximum atomic E-state index is 12.4. The van der Waals surface area contributed by atoms with E-state index in [4.69, 9.17) is 23.2 Å². The maximum Gasteiger partial charge on any atom is 0.270 e. The molecule has 1 aliphatic heterocycles. The van der Waals surface area contributed by atoms with Gasteiger partial charge in [-0.3, -0.25) is 14.7 Å². The summed E-state index contributed by atoms with van der Waals surface area (Å²) < 4.78 is 0. The molecule has 2 aromatic heterocycles. The lowest BCUT2D eigenvalue weighted by molar-refractivity contribution is -0.120. The summed E-state index contributed by atoms with van der Waals surface area (Å²) in [7, 11) is 0. The average Bonchev–Trinajstić information content (AvgIpc) is 3.28. The molecule has 2 amide bonds. The van der Waals surface area contributed by atoms with Gasteiger partial charge in [0.15, 0.2) is 0 Å². The zero-order valence-electron chi connectivity index (χ0n) is 12.8. The average molecular weight is 370 g/mol. The molecule has 1 fully saturated rings. The molecule has 0 aromatic carbocycles. The van der Waals surface area contributed by atoms with E-state index in [1.54, 1.807) is 17.2 Å². The van der Waals surface area contributed by atoms with Gasteiger partial charge in [-0.15, -0.1) is 0 Å². The monoisotopic (exact) mass is 369 g/mol. The van der Waals surface area contributed by atoms with Gasteiger partial charge in [0, 0.05) is 31.5 Å². The fourth-order valence-electron chi connectivity index (χ4n) is 2.75. The first-order valence-corrected chi connectivity index (χ1v) is 8.36. The lowest BCUT2D eigenvalue weighted by Crippen LogP contribution is -2.33. The number of hydrogen-bond acceptors (Lipinski definition) is 3. The van der Waals surface area contributed by atoms with Crippen LogP contribution in [0.25, 0.3) is 0 Å². The van der Waals surface area contributed by atoms with E-state index in [-0.39, 0.29) is 29.3 Å². The van der Waals surface area contributed by atoms with Crippen molar-refractivity contribution in [3.05, 3.63) is 39.9 Å². The molecule has 24 heavy (non-hydrogen) atoms. The lowest BCUT2D eigenvalue weighted by atomic mass is 10.1. The summed E-state index contributed by atoms with van der Waals surface area (Å²) in [4.78, 5) is 28.8. The quantitative estimate of drug-likeness (QED) is 0.750. The number of aromatic amines is 2. The number of nitrogens with one attached hydrogen (secondary N) is 3. The Kier molecular flexibility index (Phi) is 5.11. The summed E-state index contributed by atoms with van der Waals surface area (Å²) in [5, 5.41) is 10.1. The number of H-pyrrole nitrogens is 2. The predicted molar refractivity (Wildman–Crippen MR) is 90.1 cm³/mol. The van der Waals surface area contributed by atoms with E-state index < -0.39 is 0 Å². The van der Waals surface area contributed by atoms with Gasteiger partial charge in [0.2, 0.25) is 5.91 Å². The molecule has 3 N–H and O–H groups in total. The SMILES string of the molecule is O=C(Cc1ccn[nH]1)NCC1CCN(C(=O)c2cc(Cl)c(Cl)[nH]2)C1. The van der Waals surface area contributed by atoms with Gasteiger partial charge < -0.3 is 15.2 Å². The van der Waals surface area contributed by atoms with Crippen molar-refractivity contribution in [3.63, 3.8) is 0 Å². The van der Waals surface area contributed by atoms with Gasteiger partial charge in [-0.1, -0.05) is 23.2 Å². The van der Waals surface area contributed by atoms with Crippen LogP contribution < -0.4 is 5.32 Å². The lowest BCUT2D eigenvalue weighted by Gasteiger charge is -2.16. The Balaban J connectivity index is 1.46. The van der Waals surface area contributed by atoms with Gasteiger partial charge in [-0.25, -0.2) is 0 Å². The van der Waals surface area contributed by atoms with Crippen LogP contribution in [0.1, 0.15) is 22.6 Å². The Labute approximate surface area is 148 Å². The van der Waals surface area contributed by atoms with E-state index in [1.807, 2.05) is 0 Å². The highest BCUT2D eigenvalue weighted by molar-refractivity contribution is 6.41. The van der Waals surface area contributed by atoms with Gasteiger partial charge in [0.25, 0.3) is 5.91 Å². The molecule has 128 valence electrons. The van der Waals surface area contributed by atoms with Crippen LogP contribution >= 0.6 is 23.2 Å². The molecule has 7 nitrogen and oxygen atoms in total. The van der Waals surface area contributed by atoms with Gasteiger partial charge in [-0.2, -0.15) is 5.10 Å². The fourth-order valence-corrected chi connectivity index (χ4v) is 3.06. The van der Waals surface area contributed by atoms with Gasteiger partial charge in [0.1, 0.15) is 10.8 Å². The van der Waals surface area contributed by atoms with Crippen LogP contribution in [-0.4, -0.2) is 51.5 Å². The summed E-state index contributed by atoms with van der Waals surface area (Å²) in [6, 6.07) is 3.30. The molecule has 1 atom stereocenters. The molecule has 3 rings (SSSR count). The van der Waals surface area contributed by atoms with Gasteiger partial charge in [0.05, 0.1) is 11.4 Å². The molecule has 0 spiro atoms. The number of halogens is 2. The van der Waals surface area contributed by atoms with E-state index >= 15 is 0 Å². The summed E-state index contributed by atoms with van der Waals surface area (Å²) in [5.41, 5.74) is 1.16. The van der Waals surface area contributed by atoms with Crippen molar-refractivity contribution in [2.45, 2.75) is 12.8 Å². The zero-order chi connectivity index (χ0) is 17.1. The topological polar surface area (TPSA) is 93.9 Å². The molecule has 0 aliphatic carbocycles. The first kappa shape index (κ1) is 16.9. The Morgan fingerprint density at radius 1 is 1.42 bits per heavy atom. The van der Waals surface area contributed by atoms with Crippen LogP contribution in [0.4, 0.5) is 0 Å². The summed E-state index contributed by atoms with van der Waals surface area (Å²) >= 11 is 11.7. The second-order valence-corrected chi connectivity index (χ2v) is 6.60. The van der Waals surface area contributed by atoms with Crippen molar-refractivity contribution in [1.82, 2.24) is 25.4 Å². The zero-order valence-corrected chi connectivity index (χ0v) is 14.3. The molecule has 9 heteroatoms. The number of aromatic nitrogens is 3. The number of carbonyl (C=O) groups is 2. The molecule has 1 aliphatic rings. The van der Waals surface area contributed by atoms with Crippen molar-refractivity contribution < 1.29 is 9.59 Å². The van der Waals surface area contributed by atoms with Crippen LogP contribution in [0.5, 0.6) is 0 Å². The highest BCUT2D eigenvalue weighted by Gasteiger charge is 2.28. The molecule has 0 bridgehead atoms. The molecule has 2 aromatic rings. The number of likely N-dealkylation sites (tertiary alicyclic amines) is 1. The highest BCUT2D eigenvalue weighted by Crippen LogP contribution is 2.24. The Hall–Kier alpha value is -1.99. The Morgan fingerprint density at radius 3 is 2.92 bits per heavy atom. The van der Waals surface area contributed by atoms with E-state index in [2.05, 4.69) is 20.5 Å². The van der Waals surface area contributed by atoms with Gasteiger partial charge in [-0.05, 0) is 24.5 Å². The Morgan fingerprint density at radius 2 is 2.25 bits per heavy atom. The van der Waals surface area contributed by atoms with Crippen LogP contribution in [0, 0.1) is 5.92 Å². The van der Waals surface area contributed by atoms with E-state index in [9.17, 15) is 9.59 Å². The van der Waals surface area contributed by atoms with Crippen molar-refractivity contribution in [2.24, 2.45) is 5.92 Å². The van der Waals surface area contributed by atoms with Crippen molar-refractivity contribution in [2.75, 3.05) is 19.6 Å². The molecule has 0 radical (unpaired) electrons. The third-order valence-corrected chi connectivity index (χ3v) is 4.72. The minimum Gasteiger partial charge on any atom is -0.355 e. The van der Waals surface area contributed by atoms with E-state index in [1.165, 1.54) is 6.07 Å². The number of amides is 2. The first-order chi connectivity index (χ1) is 11.5. The Bertz CT molecular complexity index is 709. The molecular formula is C15H17Cl2N5O2.